The second kappa shape index (κ2) is 7.14. The standard InChI is InChI=1S/C19H24N4O2/c1-21(2)19(25)16-5-3-15(4-6-16)17-11-23(12-17)18(24)9-14-7-8-22(10-14)13-20/h3-6,14,17H,7-12H2,1-2H3. The molecule has 2 aliphatic heterocycles. The zero-order valence-corrected chi connectivity index (χ0v) is 14.8. The Morgan fingerprint density at radius 3 is 2.44 bits per heavy atom. The van der Waals surface area contributed by atoms with E-state index in [1.807, 2.05) is 29.2 Å². The summed E-state index contributed by atoms with van der Waals surface area (Å²) in [7, 11) is 3.48. The predicted octanol–water partition coefficient (Wildman–Crippen LogP) is 1.51. The third-order valence-electron chi connectivity index (χ3n) is 5.16. The molecule has 0 spiro atoms. The number of carbonyl (C=O) groups excluding carboxylic acids is 2. The normalized spacial score (nSPS) is 20.1. The van der Waals surface area contributed by atoms with Crippen molar-refractivity contribution in [1.82, 2.24) is 14.7 Å². The van der Waals surface area contributed by atoms with Gasteiger partial charge >= 0.3 is 0 Å². The van der Waals surface area contributed by atoms with Crippen molar-refractivity contribution < 1.29 is 9.59 Å². The summed E-state index contributed by atoms with van der Waals surface area (Å²) < 4.78 is 0. The summed E-state index contributed by atoms with van der Waals surface area (Å²) >= 11 is 0. The van der Waals surface area contributed by atoms with E-state index < -0.39 is 0 Å². The third-order valence-corrected chi connectivity index (χ3v) is 5.16. The van der Waals surface area contributed by atoms with Gasteiger partial charge in [-0.05, 0) is 30.0 Å². The van der Waals surface area contributed by atoms with Gasteiger partial charge in [0, 0.05) is 58.2 Å². The van der Waals surface area contributed by atoms with E-state index >= 15 is 0 Å². The minimum atomic E-state index is -0.0000554. The van der Waals surface area contributed by atoms with Crippen molar-refractivity contribution in [2.45, 2.75) is 18.8 Å². The monoisotopic (exact) mass is 340 g/mol. The number of hydrogen-bond donors (Lipinski definition) is 0. The molecule has 0 aliphatic carbocycles. The molecule has 0 radical (unpaired) electrons. The minimum absolute atomic E-state index is 0.0000554. The highest BCUT2D eigenvalue weighted by Crippen LogP contribution is 2.29. The molecule has 132 valence electrons. The molecule has 1 aromatic carbocycles. The van der Waals surface area contributed by atoms with Crippen LogP contribution in [-0.2, 0) is 4.79 Å². The van der Waals surface area contributed by atoms with Gasteiger partial charge < -0.3 is 14.7 Å². The molecule has 2 amide bonds. The molecule has 2 fully saturated rings. The van der Waals surface area contributed by atoms with Crippen LogP contribution in [0, 0.1) is 17.4 Å². The summed E-state index contributed by atoms with van der Waals surface area (Å²) in [4.78, 5) is 29.5. The molecule has 0 saturated carbocycles. The molecule has 25 heavy (non-hydrogen) atoms. The quantitative estimate of drug-likeness (QED) is 0.779. The number of rotatable bonds is 4. The second-order valence-electron chi connectivity index (χ2n) is 7.22. The van der Waals surface area contributed by atoms with Crippen molar-refractivity contribution in [1.29, 1.82) is 5.26 Å². The number of likely N-dealkylation sites (tertiary alicyclic amines) is 2. The largest absolute Gasteiger partial charge is 0.345 e. The minimum Gasteiger partial charge on any atom is -0.345 e. The molecule has 2 saturated heterocycles. The van der Waals surface area contributed by atoms with Gasteiger partial charge in [0.15, 0.2) is 6.19 Å². The first-order valence-electron chi connectivity index (χ1n) is 8.72. The van der Waals surface area contributed by atoms with Gasteiger partial charge in [-0.3, -0.25) is 9.59 Å². The lowest BCUT2D eigenvalue weighted by Crippen LogP contribution is -2.49. The van der Waals surface area contributed by atoms with E-state index in [2.05, 4.69) is 6.19 Å². The van der Waals surface area contributed by atoms with Crippen molar-refractivity contribution in [3.05, 3.63) is 35.4 Å². The van der Waals surface area contributed by atoms with Crippen LogP contribution in [0.2, 0.25) is 0 Å². The van der Waals surface area contributed by atoms with E-state index in [9.17, 15) is 9.59 Å². The molecular weight excluding hydrogens is 316 g/mol. The number of amides is 2. The molecule has 1 unspecified atom stereocenters. The maximum Gasteiger partial charge on any atom is 0.253 e. The molecule has 1 aromatic rings. The van der Waals surface area contributed by atoms with Crippen molar-refractivity contribution in [3.8, 4) is 6.19 Å². The van der Waals surface area contributed by atoms with Gasteiger partial charge in [-0.15, -0.1) is 0 Å². The van der Waals surface area contributed by atoms with Gasteiger partial charge in [-0.25, -0.2) is 0 Å². The summed E-state index contributed by atoms with van der Waals surface area (Å²) in [6.07, 6.45) is 3.62. The van der Waals surface area contributed by atoms with E-state index in [0.29, 0.717) is 30.4 Å². The number of carbonyl (C=O) groups is 2. The van der Waals surface area contributed by atoms with E-state index in [1.54, 1.807) is 23.9 Å². The van der Waals surface area contributed by atoms with Gasteiger partial charge in [0.05, 0.1) is 0 Å². The van der Waals surface area contributed by atoms with Crippen LogP contribution in [0.5, 0.6) is 0 Å². The summed E-state index contributed by atoms with van der Waals surface area (Å²) in [5.74, 6) is 0.856. The topological polar surface area (TPSA) is 67.7 Å². The van der Waals surface area contributed by atoms with Crippen molar-refractivity contribution in [2.24, 2.45) is 5.92 Å². The lowest BCUT2D eigenvalue weighted by molar-refractivity contribution is -0.136. The Morgan fingerprint density at radius 2 is 1.88 bits per heavy atom. The molecule has 0 aromatic heterocycles. The molecular formula is C19H24N4O2. The van der Waals surface area contributed by atoms with Crippen LogP contribution in [0.25, 0.3) is 0 Å². The van der Waals surface area contributed by atoms with Gasteiger partial charge in [-0.2, -0.15) is 5.26 Å². The fraction of sp³-hybridized carbons (Fsp3) is 0.526. The van der Waals surface area contributed by atoms with Gasteiger partial charge in [0.2, 0.25) is 5.91 Å². The first-order chi connectivity index (χ1) is 12.0. The molecule has 0 N–H and O–H groups in total. The molecule has 3 rings (SSSR count). The van der Waals surface area contributed by atoms with Crippen LogP contribution in [-0.4, -0.2) is 66.8 Å². The Balaban J connectivity index is 1.48. The maximum atomic E-state index is 12.3. The summed E-state index contributed by atoms with van der Waals surface area (Å²) in [5.41, 5.74) is 1.86. The van der Waals surface area contributed by atoms with Crippen LogP contribution in [0.3, 0.4) is 0 Å². The van der Waals surface area contributed by atoms with Crippen LogP contribution < -0.4 is 0 Å². The van der Waals surface area contributed by atoms with Crippen LogP contribution in [0.15, 0.2) is 24.3 Å². The van der Waals surface area contributed by atoms with E-state index in [0.717, 1.165) is 26.1 Å². The molecule has 6 heteroatoms. The lowest BCUT2D eigenvalue weighted by atomic mass is 9.90. The Bertz CT molecular complexity index is 686. The Morgan fingerprint density at radius 1 is 1.20 bits per heavy atom. The van der Waals surface area contributed by atoms with Crippen LogP contribution in [0.1, 0.15) is 34.7 Å². The van der Waals surface area contributed by atoms with Crippen molar-refractivity contribution >= 4 is 11.8 Å². The van der Waals surface area contributed by atoms with Crippen LogP contribution in [0.4, 0.5) is 0 Å². The van der Waals surface area contributed by atoms with E-state index in [-0.39, 0.29) is 11.8 Å². The van der Waals surface area contributed by atoms with E-state index in [1.165, 1.54) is 5.56 Å². The highest BCUT2D eigenvalue weighted by atomic mass is 16.2. The zero-order chi connectivity index (χ0) is 18.0. The first-order valence-corrected chi connectivity index (χ1v) is 8.72. The van der Waals surface area contributed by atoms with Gasteiger partial charge in [0.1, 0.15) is 0 Å². The smallest absolute Gasteiger partial charge is 0.253 e. The third kappa shape index (κ3) is 3.76. The van der Waals surface area contributed by atoms with Crippen molar-refractivity contribution in [3.63, 3.8) is 0 Å². The molecule has 6 nitrogen and oxygen atoms in total. The molecule has 1 atom stereocenters. The summed E-state index contributed by atoms with van der Waals surface area (Å²) in [6, 6.07) is 7.70. The number of benzene rings is 1. The fourth-order valence-corrected chi connectivity index (χ4v) is 3.52. The van der Waals surface area contributed by atoms with Crippen molar-refractivity contribution in [2.75, 3.05) is 40.3 Å². The number of hydrogen-bond acceptors (Lipinski definition) is 4. The Labute approximate surface area is 148 Å². The highest BCUT2D eigenvalue weighted by Gasteiger charge is 2.33. The molecule has 0 bridgehead atoms. The van der Waals surface area contributed by atoms with E-state index in [4.69, 9.17) is 5.26 Å². The van der Waals surface area contributed by atoms with Gasteiger partial charge in [0.25, 0.3) is 5.91 Å². The fourth-order valence-electron chi connectivity index (χ4n) is 3.52. The second-order valence-corrected chi connectivity index (χ2v) is 7.22. The van der Waals surface area contributed by atoms with Gasteiger partial charge in [-0.1, -0.05) is 12.1 Å². The number of nitrogens with zero attached hydrogens (tertiary/aromatic N) is 4. The Hall–Kier alpha value is -2.55. The first kappa shape index (κ1) is 17.3. The number of nitriles is 1. The highest BCUT2D eigenvalue weighted by molar-refractivity contribution is 5.93. The predicted molar refractivity (Wildman–Crippen MR) is 93.7 cm³/mol. The summed E-state index contributed by atoms with van der Waals surface area (Å²) in [5, 5.41) is 8.89. The average Bonchev–Trinajstić information content (AvgIpc) is 3.01. The maximum absolute atomic E-state index is 12.3. The van der Waals surface area contributed by atoms with Crippen LogP contribution >= 0.6 is 0 Å². The Kier molecular flexibility index (Phi) is 4.93. The zero-order valence-electron chi connectivity index (χ0n) is 14.8. The molecule has 2 heterocycles. The SMILES string of the molecule is CN(C)C(=O)c1ccc(C2CN(C(=O)CC3CCN(C#N)C3)C2)cc1. The lowest BCUT2D eigenvalue weighted by Gasteiger charge is -2.40. The summed E-state index contributed by atoms with van der Waals surface area (Å²) in [6.45, 7) is 2.97. The molecule has 2 aliphatic rings. The average molecular weight is 340 g/mol.